The summed E-state index contributed by atoms with van der Waals surface area (Å²) < 4.78 is 40.3. The van der Waals surface area contributed by atoms with Crippen molar-refractivity contribution in [2.75, 3.05) is 0 Å². The molecule has 0 saturated carbocycles. The van der Waals surface area contributed by atoms with Crippen molar-refractivity contribution in [3.05, 3.63) is 35.4 Å². The van der Waals surface area contributed by atoms with Crippen LogP contribution in [0.1, 0.15) is 17.0 Å². The summed E-state index contributed by atoms with van der Waals surface area (Å²) in [6.45, 7) is 0.856. The number of halogens is 3. The first-order valence-electron chi connectivity index (χ1n) is 5.64. The molecular formula is C11H14F3N5. The van der Waals surface area contributed by atoms with Crippen molar-refractivity contribution in [2.45, 2.75) is 19.3 Å². The van der Waals surface area contributed by atoms with E-state index < -0.39 is 11.9 Å². The quantitative estimate of drug-likeness (QED) is 0.917. The van der Waals surface area contributed by atoms with Crippen molar-refractivity contribution in [1.29, 1.82) is 0 Å². The second-order valence-electron chi connectivity index (χ2n) is 4.27. The molecule has 1 N–H and O–H groups in total. The fourth-order valence-electron chi connectivity index (χ4n) is 1.71. The molecule has 0 radical (unpaired) electrons. The van der Waals surface area contributed by atoms with Gasteiger partial charge in [-0.3, -0.25) is 9.36 Å². The van der Waals surface area contributed by atoms with Gasteiger partial charge in [0.2, 0.25) is 0 Å². The minimum atomic E-state index is -4.40. The zero-order valence-electron chi connectivity index (χ0n) is 10.6. The van der Waals surface area contributed by atoms with E-state index >= 15 is 0 Å². The highest BCUT2D eigenvalue weighted by atomic mass is 19.4. The van der Waals surface area contributed by atoms with E-state index in [1.54, 1.807) is 17.9 Å². The molecule has 0 saturated heterocycles. The number of nitrogens with one attached hydrogen (secondary N) is 1. The third-order valence-electron chi connectivity index (χ3n) is 2.66. The molecule has 5 nitrogen and oxygen atoms in total. The Bertz CT molecular complexity index is 555. The van der Waals surface area contributed by atoms with Crippen molar-refractivity contribution in [2.24, 2.45) is 14.1 Å². The Balaban J connectivity index is 1.94. The maximum atomic E-state index is 12.5. The molecule has 19 heavy (non-hydrogen) atoms. The topological polar surface area (TPSA) is 47.7 Å². The van der Waals surface area contributed by atoms with Crippen molar-refractivity contribution in [3.63, 3.8) is 0 Å². The van der Waals surface area contributed by atoms with Gasteiger partial charge >= 0.3 is 6.18 Å². The number of rotatable bonds is 4. The summed E-state index contributed by atoms with van der Waals surface area (Å²) in [7, 11) is 3.30. The number of hydrogen-bond donors (Lipinski definition) is 1. The van der Waals surface area contributed by atoms with Crippen molar-refractivity contribution in [1.82, 2.24) is 24.9 Å². The normalized spacial score (nSPS) is 12.1. The summed E-state index contributed by atoms with van der Waals surface area (Å²) in [5, 5.41) is 10.5. The number of alkyl halides is 3. The Kier molecular flexibility index (Phi) is 3.61. The van der Waals surface area contributed by atoms with Gasteiger partial charge in [0, 0.05) is 38.9 Å². The molecule has 0 atom stereocenters. The van der Waals surface area contributed by atoms with Crippen LogP contribution in [0.15, 0.2) is 18.5 Å². The van der Waals surface area contributed by atoms with E-state index in [2.05, 4.69) is 15.5 Å². The van der Waals surface area contributed by atoms with E-state index in [9.17, 15) is 13.2 Å². The Morgan fingerprint density at radius 3 is 2.53 bits per heavy atom. The number of hydrogen-bond acceptors (Lipinski definition) is 3. The zero-order valence-corrected chi connectivity index (χ0v) is 10.6. The second kappa shape index (κ2) is 5.04. The van der Waals surface area contributed by atoms with Gasteiger partial charge in [-0.1, -0.05) is 0 Å². The fourth-order valence-corrected chi connectivity index (χ4v) is 1.71. The van der Waals surface area contributed by atoms with E-state index in [1.165, 1.54) is 11.7 Å². The predicted molar refractivity (Wildman–Crippen MR) is 62.0 cm³/mol. The lowest BCUT2D eigenvalue weighted by atomic mass is 10.3. The lowest BCUT2D eigenvalue weighted by Gasteiger charge is -2.02. The van der Waals surface area contributed by atoms with Gasteiger partial charge in [0.15, 0.2) is 5.69 Å². The smallest absolute Gasteiger partial charge is 0.307 e. The molecule has 2 rings (SSSR count). The standard InChI is InChI=1S/C11H14F3N5/c1-18-7-8(5-16-18)4-15-6-9-3-10(11(12,13)14)17-19(9)2/h3,5,7,15H,4,6H2,1-2H3. The van der Waals surface area contributed by atoms with Crippen molar-refractivity contribution < 1.29 is 13.2 Å². The van der Waals surface area contributed by atoms with Gasteiger partial charge in [0.25, 0.3) is 0 Å². The van der Waals surface area contributed by atoms with Gasteiger partial charge in [-0.2, -0.15) is 23.4 Å². The SMILES string of the molecule is Cn1cc(CNCc2cc(C(F)(F)F)nn2C)cn1. The highest BCUT2D eigenvalue weighted by molar-refractivity contribution is 5.13. The average molecular weight is 273 g/mol. The fraction of sp³-hybridized carbons (Fsp3) is 0.455. The molecular weight excluding hydrogens is 259 g/mol. The van der Waals surface area contributed by atoms with Crippen molar-refractivity contribution >= 4 is 0 Å². The largest absolute Gasteiger partial charge is 0.435 e. The van der Waals surface area contributed by atoms with Crippen LogP contribution >= 0.6 is 0 Å². The van der Waals surface area contributed by atoms with Crippen LogP contribution in [-0.2, 0) is 33.4 Å². The summed E-state index contributed by atoms with van der Waals surface area (Å²) >= 11 is 0. The summed E-state index contributed by atoms with van der Waals surface area (Å²) in [5.41, 5.74) is 0.588. The van der Waals surface area contributed by atoms with Gasteiger partial charge in [-0.15, -0.1) is 0 Å². The lowest BCUT2D eigenvalue weighted by molar-refractivity contribution is -0.141. The van der Waals surface area contributed by atoms with Gasteiger partial charge in [0.1, 0.15) is 0 Å². The number of nitrogens with zero attached hydrogens (tertiary/aromatic N) is 4. The molecule has 2 heterocycles. The molecule has 0 aliphatic rings. The molecule has 0 bridgehead atoms. The van der Waals surface area contributed by atoms with Crippen LogP contribution in [0.4, 0.5) is 13.2 Å². The van der Waals surface area contributed by atoms with Crippen LogP contribution in [-0.4, -0.2) is 19.6 Å². The molecule has 0 aliphatic heterocycles. The average Bonchev–Trinajstić information content (AvgIpc) is 2.86. The van der Waals surface area contributed by atoms with Crippen LogP contribution < -0.4 is 5.32 Å². The summed E-state index contributed by atoms with van der Waals surface area (Å²) in [6, 6.07) is 1.05. The van der Waals surface area contributed by atoms with Crippen LogP contribution in [0.25, 0.3) is 0 Å². The molecule has 2 aromatic rings. The Morgan fingerprint density at radius 2 is 2.00 bits per heavy atom. The molecule has 8 heteroatoms. The van der Waals surface area contributed by atoms with E-state index in [-0.39, 0.29) is 0 Å². The monoisotopic (exact) mass is 273 g/mol. The summed E-state index contributed by atoms with van der Waals surface area (Å²) in [4.78, 5) is 0. The van der Waals surface area contributed by atoms with Gasteiger partial charge in [-0.05, 0) is 6.07 Å². The first-order chi connectivity index (χ1) is 8.86. The first kappa shape index (κ1) is 13.6. The molecule has 0 amide bonds. The molecule has 0 unspecified atom stereocenters. The highest BCUT2D eigenvalue weighted by Crippen LogP contribution is 2.28. The van der Waals surface area contributed by atoms with Gasteiger partial charge in [0.05, 0.1) is 11.9 Å². The van der Waals surface area contributed by atoms with E-state index in [0.717, 1.165) is 11.6 Å². The van der Waals surface area contributed by atoms with Gasteiger partial charge in [-0.25, -0.2) is 0 Å². The van der Waals surface area contributed by atoms with Crippen molar-refractivity contribution in [3.8, 4) is 0 Å². The third kappa shape index (κ3) is 3.34. The maximum absolute atomic E-state index is 12.5. The third-order valence-corrected chi connectivity index (χ3v) is 2.66. The molecule has 0 aliphatic carbocycles. The van der Waals surface area contributed by atoms with Gasteiger partial charge < -0.3 is 5.32 Å². The van der Waals surface area contributed by atoms with Crippen LogP contribution in [0, 0.1) is 0 Å². The lowest BCUT2D eigenvalue weighted by Crippen LogP contribution is -2.14. The predicted octanol–water partition coefficient (Wildman–Crippen LogP) is 1.46. The highest BCUT2D eigenvalue weighted by Gasteiger charge is 2.34. The van der Waals surface area contributed by atoms with E-state index in [0.29, 0.717) is 18.8 Å². The summed E-state index contributed by atoms with van der Waals surface area (Å²) in [6.07, 6.45) is -0.853. The minimum Gasteiger partial charge on any atom is -0.307 e. The zero-order chi connectivity index (χ0) is 14.0. The second-order valence-corrected chi connectivity index (χ2v) is 4.27. The first-order valence-corrected chi connectivity index (χ1v) is 5.64. The minimum absolute atomic E-state index is 0.314. The van der Waals surface area contributed by atoms with Crippen LogP contribution in [0.5, 0.6) is 0 Å². The molecule has 0 aromatic carbocycles. The molecule has 104 valence electrons. The Labute approximate surface area is 108 Å². The molecule has 0 spiro atoms. The van der Waals surface area contributed by atoms with E-state index in [4.69, 9.17) is 0 Å². The van der Waals surface area contributed by atoms with Crippen LogP contribution in [0.2, 0.25) is 0 Å². The Morgan fingerprint density at radius 1 is 1.26 bits per heavy atom. The summed E-state index contributed by atoms with van der Waals surface area (Å²) in [5.74, 6) is 0. The van der Waals surface area contributed by atoms with E-state index in [1.807, 2.05) is 6.20 Å². The molecule has 2 aromatic heterocycles. The number of aromatic nitrogens is 4. The molecule has 0 fully saturated rings. The Hall–Kier alpha value is -1.83. The maximum Gasteiger partial charge on any atom is 0.435 e. The van der Waals surface area contributed by atoms with Crippen LogP contribution in [0.3, 0.4) is 0 Å². The number of aryl methyl sites for hydroxylation is 2.